The SMILES string of the molecule is C=CC(=O)NC(C)(C)CCO.CC(C)CCN(Cc1ccccc1)Cc1ccccc1BO. The quantitative estimate of drug-likeness (QED) is 0.342. The van der Waals surface area contributed by atoms with Crippen molar-refractivity contribution in [2.45, 2.75) is 59.2 Å². The van der Waals surface area contributed by atoms with Gasteiger partial charge in [0.2, 0.25) is 5.91 Å². The van der Waals surface area contributed by atoms with Crippen molar-refractivity contribution in [1.29, 1.82) is 0 Å². The van der Waals surface area contributed by atoms with E-state index < -0.39 is 0 Å². The van der Waals surface area contributed by atoms with Gasteiger partial charge in [-0.05, 0) is 61.8 Å². The minimum atomic E-state index is -0.347. The molecule has 2 aromatic carbocycles. The van der Waals surface area contributed by atoms with Crippen LogP contribution in [-0.4, -0.2) is 47.1 Å². The standard InChI is InChI=1S/C19H26BNO.C8H15NO2/c1-16(2)12-13-21(14-17-8-4-3-5-9-17)15-18-10-6-7-11-19(18)20-22;1-4-7(11)9-8(2,3)5-6-10/h3-11,16,20,22H,12-15H2,1-2H3;4,10H,1,5-6H2,2-3H3,(H,9,11). The van der Waals surface area contributed by atoms with Crippen LogP contribution in [0.3, 0.4) is 0 Å². The highest BCUT2D eigenvalue weighted by Crippen LogP contribution is 2.12. The van der Waals surface area contributed by atoms with E-state index in [-0.39, 0.29) is 25.5 Å². The van der Waals surface area contributed by atoms with Crippen LogP contribution >= 0.6 is 0 Å². The largest absolute Gasteiger partial charge is 0.449 e. The molecule has 6 heteroatoms. The average molecular weight is 452 g/mol. The summed E-state index contributed by atoms with van der Waals surface area (Å²) in [4.78, 5) is 13.3. The molecule has 0 aliphatic rings. The molecule has 0 aliphatic heterocycles. The number of rotatable bonds is 12. The van der Waals surface area contributed by atoms with Gasteiger partial charge < -0.3 is 15.4 Å². The second-order valence-electron chi connectivity index (χ2n) is 9.36. The second kappa shape index (κ2) is 15.4. The smallest absolute Gasteiger partial charge is 0.305 e. The van der Waals surface area contributed by atoms with Crippen molar-refractivity contribution >= 4 is 18.9 Å². The Bertz CT molecular complexity index is 825. The zero-order valence-electron chi connectivity index (χ0n) is 20.8. The minimum absolute atomic E-state index is 0.0738. The molecule has 2 aromatic rings. The summed E-state index contributed by atoms with van der Waals surface area (Å²) in [5.74, 6) is 0.495. The predicted octanol–water partition coefficient (Wildman–Crippen LogP) is 3.15. The van der Waals surface area contributed by atoms with Gasteiger partial charge in [-0.2, -0.15) is 0 Å². The molecule has 0 bridgehead atoms. The lowest BCUT2D eigenvalue weighted by Crippen LogP contribution is -2.43. The van der Waals surface area contributed by atoms with Crippen LogP contribution in [0.5, 0.6) is 0 Å². The van der Waals surface area contributed by atoms with Gasteiger partial charge in [-0.25, -0.2) is 0 Å². The fourth-order valence-corrected chi connectivity index (χ4v) is 3.33. The fraction of sp³-hybridized carbons (Fsp3) is 0.444. The molecule has 0 atom stereocenters. The number of aliphatic hydroxyl groups excluding tert-OH is 1. The van der Waals surface area contributed by atoms with E-state index in [1.165, 1.54) is 23.6 Å². The van der Waals surface area contributed by atoms with Crippen LogP contribution in [0.1, 0.15) is 51.7 Å². The Kier molecular flexibility index (Phi) is 13.4. The summed E-state index contributed by atoms with van der Waals surface area (Å²) in [5.41, 5.74) is 3.25. The number of nitrogens with one attached hydrogen (secondary N) is 1. The molecule has 1 amide bonds. The van der Waals surface area contributed by atoms with Gasteiger partial charge >= 0.3 is 7.48 Å². The van der Waals surface area contributed by atoms with Gasteiger partial charge in [0.05, 0.1) is 0 Å². The van der Waals surface area contributed by atoms with Crippen molar-refractivity contribution < 1.29 is 14.9 Å². The van der Waals surface area contributed by atoms with Gasteiger partial charge in [0, 0.05) is 25.2 Å². The fourth-order valence-electron chi connectivity index (χ4n) is 3.33. The van der Waals surface area contributed by atoms with Crippen molar-refractivity contribution in [3.05, 3.63) is 78.4 Å². The molecule has 0 radical (unpaired) electrons. The summed E-state index contributed by atoms with van der Waals surface area (Å²) >= 11 is 0. The first-order valence-corrected chi connectivity index (χ1v) is 11.7. The lowest BCUT2D eigenvalue weighted by molar-refractivity contribution is -0.118. The van der Waals surface area contributed by atoms with Crippen molar-refractivity contribution in [3.63, 3.8) is 0 Å². The van der Waals surface area contributed by atoms with E-state index in [1.807, 2.05) is 26.0 Å². The third-order valence-corrected chi connectivity index (χ3v) is 5.34. The Hall–Kier alpha value is -2.41. The number of carbonyl (C=O) groups is 1. The van der Waals surface area contributed by atoms with Crippen LogP contribution in [0.15, 0.2) is 67.3 Å². The maximum atomic E-state index is 10.8. The maximum Gasteiger partial charge on any atom is 0.305 e. The predicted molar refractivity (Wildman–Crippen MR) is 140 cm³/mol. The normalized spacial score (nSPS) is 11.0. The first-order chi connectivity index (χ1) is 15.7. The Morgan fingerprint density at radius 3 is 2.33 bits per heavy atom. The van der Waals surface area contributed by atoms with Gasteiger partial charge in [0.15, 0.2) is 0 Å². The van der Waals surface area contributed by atoms with Gasteiger partial charge in [0.1, 0.15) is 0 Å². The van der Waals surface area contributed by atoms with Gasteiger partial charge in [-0.3, -0.25) is 9.69 Å². The van der Waals surface area contributed by atoms with Crippen molar-refractivity contribution in [3.8, 4) is 0 Å². The van der Waals surface area contributed by atoms with Crippen molar-refractivity contribution in [2.24, 2.45) is 5.92 Å². The number of hydrogen-bond donors (Lipinski definition) is 3. The summed E-state index contributed by atoms with van der Waals surface area (Å²) in [5, 5.41) is 20.8. The van der Waals surface area contributed by atoms with E-state index in [2.05, 4.69) is 73.1 Å². The minimum Gasteiger partial charge on any atom is -0.449 e. The molecule has 5 nitrogen and oxygen atoms in total. The first-order valence-electron chi connectivity index (χ1n) is 11.7. The van der Waals surface area contributed by atoms with E-state index in [1.54, 1.807) is 0 Å². The van der Waals surface area contributed by atoms with Crippen molar-refractivity contribution in [2.75, 3.05) is 13.2 Å². The molecular weight excluding hydrogens is 411 g/mol. The molecule has 0 unspecified atom stereocenters. The third kappa shape index (κ3) is 12.4. The van der Waals surface area contributed by atoms with E-state index in [9.17, 15) is 9.82 Å². The van der Waals surface area contributed by atoms with Crippen LogP contribution in [0.25, 0.3) is 0 Å². The molecule has 0 heterocycles. The maximum absolute atomic E-state index is 10.8. The van der Waals surface area contributed by atoms with Crippen LogP contribution in [0.2, 0.25) is 0 Å². The number of hydrogen-bond acceptors (Lipinski definition) is 4. The van der Waals surface area contributed by atoms with E-state index in [0.717, 1.165) is 25.1 Å². The molecule has 0 aromatic heterocycles. The number of benzene rings is 2. The van der Waals surface area contributed by atoms with Crippen LogP contribution < -0.4 is 10.8 Å². The molecule has 0 saturated carbocycles. The highest BCUT2D eigenvalue weighted by atomic mass is 16.3. The Labute approximate surface area is 200 Å². The van der Waals surface area contributed by atoms with Gasteiger partial charge in [-0.1, -0.05) is 75.0 Å². The second-order valence-corrected chi connectivity index (χ2v) is 9.36. The van der Waals surface area contributed by atoms with Gasteiger partial charge in [0.25, 0.3) is 0 Å². The first kappa shape index (κ1) is 28.6. The molecule has 3 N–H and O–H groups in total. The van der Waals surface area contributed by atoms with Crippen LogP contribution in [-0.2, 0) is 17.9 Å². The zero-order valence-corrected chi connectivity index (χ0v) is 20.8. The highest BCUT2D eigenvalue weighted by molar-refractivity contribution is 6.46. The Morgan fingerprint density at radius 2 is 1.76 bits per heavy atom. The Balaban J connectivity index is 0.000000420. The molecule has 0 saturated heterocycles. The molecular formula is C27H41BN2O3. The average Bonchev–Trinajstić information content (AvgIpc) is 2.78. The number of carbonyl (C=O) groups excluding carboxylic acids is 1. The monoisotopic (exact) mass is 452 g/mol. The number of nitrogens with zero attached hydrogens (tertiary/aromatic N) is 1. The Morgan fingerprint density at radius 1 is 1.12 bits per heavy atom. The van der Waals surface area contributed by atoms with Gasteiger partial charge in [-0.15, -0.1) is 0 Å². The van der Waals surface area contributed by atoms with E-state index >= 15 is 0 Å². The molecule has 0 fully saturated rings. The highest BCUT2D eigenvalue weighted by Gasteiger charge is 2.17. The third-order valence-electron chi connectivity index (χ3n) is 5.34. The topological polar surface area (TPSA) is 72.8 Å². The van der Waals surface area contributed by atoms with Crippen LogP contribution in [0, 0.1) is 5.92 Å². The van der Waals surface area contributed by atoms with E-state index in [4.69, 9.17) is 5.11 Å². The molecule has 33 heavy (non-hydrogen) atoms. The molecule has 180 valence electrons. The lowest BCUT2D eigenvalue weighted by atomic mass is 9.84. The summed E-state index contributed by atoms with van der Waals surface area (Å²) in [6.45, 7) is 14.6. The van der Waals surface area contributed by atoms with Crippen molar-refractivity contribution in [1.82, 2.24) is 10.2 Å². The summed E-state index contributed by atoms with van der Waals surface area (Å²) in [6, 6.07) is 18.8. The lowest BCUT2D eigenvalue weighted by Gasteiger charge is -2.24. The summed E-state index contributed by atoms with van der Waals surface area (Å²) in [7, 11) is 0.111. The molecule has 2 rings (SSSR count). The summed E-state index contributed by atoms with van der Waals surface area (Å²) in [6.07, 6.45) is 2.96. The van der Waals surface area contributed by atoms with E-state index in [0.29, 0.717) is 12.3 Å². The number of aliphatic hydroxyl groups is 1. The molecule has 0 aliphatic carbocycles. The van der Waals surface area contributed by atoms with Crippen LogP contribution in [0.4, 0.5) is 0 Å². The number of amides is 1. The zero-order chi connectivity index (χ0) is 24.7. The molecule has 0 spiro atoms. The summed E-state index contributed by atoms with van der Waals surface area (Å²) < 4.78 is 0.